The summed E-state index contributed by atoms with van der Waals surface area (Å²) in [7, 11) is 3.26. The summed E-state index contributed by atoms with van der Waals surface area (Å²) in [5.74, 6) is 1.43. The molecule has 0 saturated carbocycles. The molecule has 0 amide bonds. The van der Waals surface area contributed by atoms with Gasteiger partial charge in [0.05, 0.1) is 19.9 Å². The Balaban J connectivity index is 0.00000220. The summed E-state index contributed by atoms with van der Waals surface area (Å²) in [6.07, 6.45) is 0. The second-order valence-corrected chi connectivity index (χ2v) is 6.34. The Morgan fingerprint density at radius 3 is 2.33 bits per heavy atom. The number of thiazole rings is 1. The number of nitrogens with one attached hydrogen (secondary N) is 1. The van der Waals surface area contributed by atoms with E-state index in [0.717, 1.165) is 22.1 Å². The van der Waals surface area contributed by atoms with E-state index in [2.05, 4.69) is 31.1 Å². The van der Waals surface area contributed by atoms with Crippen molar-refractivity contribution >= 4 is 28.9 Å². The molecular weight excluding hydrogens is 308 g/mol. The molecule has 0 saturated heterocycles. The Bertz CT molecular complexity index is 594. The van der Waals surface area contributed by atoms with Gasteiger partial charge in [-0.15, -0.1) is 23.7 Å². The van der Waals surface area contributed by atoms with E-state index >= 15 is 0 Å². The molecule has 1 aromatic heterocycles. The quantitative estimate of drug-likeness (QED) is 0.900. The Labute approximate surface area is 135 Å². The summed E-state index contributed by atoms with van der Waals surface area (Å²) in [4.78, 5) is 4.61. The maximum absolute atomic E-state index is 5.32. The highest BCUT2D eigenvalue weighted by Crippen LogP contribution is 2.33. The lowest BCUT2D eigenvalue weighted by atomic mass is 10.1. The fraction of sp³-hybridized carbons (Fsp3) is 0.400. The van der Waals surface area contributed by atoms with Crippen molar-refractivity contribution in [3.63, 3.8) is 0 Å². The van der Waals surface area contributed by atoms with Crippen molar-refractivity contribution in [2.75, 3.05) is 19.5 Å². The van der Waals surface area contributed by atoms with Crippen molar-refractivity contribution < 1.29 is 9.47 Å². The predicted molar refractivity (Wildman–Crippen MR) is 91.3 cm³/mol. The minimum absolute atomic E-state index is 0. The van der Waals surface area contributed by atoms with Gasteiger partial charge in [0.1, 0.15) is 0 Å². The number of hydrogen-bond donors (Lipinski definition) is 1. The molecule has 0 spiro atoms. The normalized spacial score (nSPS) is 10.7. The zero-order valence-electron chi connectivity index (χ0n) is 12.9. The molecule has 0 atom stereocenters. The molecule has 1 N–H and O–H groups in total. The maximum Gasteiger partial charge on any atom is 0.183 e. The first-order chi connectivity index (χ1) is 9.43. The average Bonchev–Trinajstić information content (AvgIpc) is 2.84. The van der Waals surface area contributed by atoms with Crippen LogP contribution in [0.5, 0.6) is 11.5 Å². The lowest BCUT2D eigenvalue weighted by Crippen LogP contribution is -2.25. The topological polar surface area (TPSA) is 43.4 Å². The first-order valence-electron chi connectivity index (χ1n) is 6.39. The van der Waals surface area contributed by atoms with Crippen molar-refractivity contribution in [2.45, 2.75) is 26.3 Å². The molecule has 2 rings (SSSR count). The number of rotatable bonds is 4. The van der Waals surface area contributed by atoms with E-state index < -0.39 is 0 Å². The van der Waals surface area contributed by atoms with Crippen molar-refractivity contribution in [1.82, 2.24) is 4.98 Å². The fourth-order valence-corrected chi connectivity index (χ4v) is 2.71. The molecule has 21 heavy (non-hydrogen) atoms. The zero-order valence-corrected chi connectivity index (χ0v) is 14.5. The second kappa shape index (κ2) is 7.00. The molecule has 0 bridgehead atoms. The Morgan fingerprint density at radius 2 is 1.76 bits per heavy atom. The first-order valence-corrected chi connectivity index (χ1v) is 7.27. The number of aromatic nitrogens is 1. The third kappa shape index (κ3) is 4.51. The summed E-state index contributed by atoms with van der Waals surface area (Å²) < 4.78 is 10.6. The number of halogens is 1. The number of nitrogens with zero attached hydrogens (tertiary/aromatic N) is 1. The number of ether oxygens (including phenoxy) is 2. The van der Waals surface area contributed by atoms with Crippen LogP contribution < -0.4 is 14.8 Å². The highest BCUT2D eigenvalue weighted by Gasteiger charge is 2.13. The summed E-state index contributed by atoms with van der Waals surface area (Å²) in [5.41, 5.74) is 1.95. The molecule has 1 aromatic carbocycles. The lowest BCUT2D eigenvalue weighted by molar-refractivity contribution is 0.355. The van der Waals surface area contributed by atoms with E-state index in [0.29, 0.717) is 5.75 Å². The van der Waals surface area contributed by atoms with E-state index in [4.69, 9.17) is 9.47 Å². The van der Waals surface area contributed by atoms with Crippen LogP contribution in [0.15, 0.2) is 23.6 Å². The SMILES string of the molecule is COc1ccc(-c2csc(NC(C)(C)C)n2)cc1OC.Cl. The summed E-state index contributed by atoms with van der Waals surface area (Å²) in [5, 5.41) is 6.33. The standard InChI is InChI=1S/C15H20N2O2S.ClH/c1-15(2,3)17-14-16-11(9-20-14)10-6-7-12(18-4)13(8-10)19-5;/h6-9H,1-5H3,(H,16,17);1H. The summed E-state index contributed by atoms with van der Waals surface area (Å²) in [6.45, 7) is 6.35. The van der Waals surface area contributed by atoms with Gasteiger partial charge in [0.25, 0.3) is 0 Å². The van der Waals surface area contributed by atoms with Crippen LogP contribution in [0.2, 0.25) is 0 Å². The number of methoxy groups -OCH3 is 2. The highest BCUT2D eigenvalue weighted by molar-refractivity contribution is 7.14. The van der Waals surface area contributed by atoms with E-state index in [9.17, 15) is 0 Å². The van der Waals surface area contributed by atoms with Crippen LogP contribution in [0.4, 0.5) is 5.13 Å². The molecule has 1 heterocycles. The van der Waals surface area contributed by atoms with Crippen LogP contribution in [0.1, 0.15) is 20.8 Å². The number of hydrogen-bond acceptors (Lipinski definition) is 5. The van der Waals surface area contributed by atoms with Gasteiger partial charge < -0.3 is 14.8 Å². The molecule has 0 fully saturated rings. The molecule has 0 aliphatic heterocycles. The number of anilines is 1. The van der Waals surface area contributed by atoms with Crippen LogP contribution in [0, 0.1) is 0 Å². The molecule has 0 radical (unpaired) electrons. The van der Waals surface area contributed by atoms with E-state index in [1.165, 1.54) is 0 Å². The van der Waals surface area contributed by atoms with Gasteiger partial charge in [-0.2, -0.15) is 0 Å². The van der Waals surface area contributed by atoms with Gasteiger partial charge in [-0.1, -0.05) is 0 Å². The first kappa shape index (κ1) is 17.6. The molecule has 0 aliphatic carbocycles. The molecule has 116 valence electrons. The minimum atomic E-state index is 0. The van der Waals surface area contributed by atoms with Crippen LogP contribution in [-0.2, 0) is 0 Å². The van der Waals surface area contributed by atoms with Gasteiger partial charge in [-0.25, -0.2) is 4.98 Å². The number of benzene rings is 1. The van der Waals surface area contributed by atoms with E-state index in [-0.39, 0.29) is 17.9 Å². The van der Waals surface area contributed by atoms with E-state index in [1.807, 2.05) is 23.6 Å². The summed E-state index contributed by atoms with van der Waals surface area (Å²) in [6, 6.07) is 5.82. The molecule has 4 nitrogen and oxygen atoms in total. The van der Waals surface area contributed by atoms with Gasteiger partial charge in [-0.05, 0) is 39.0 Å². The van der Waals surface area contributed by atoms with Crippen LogP contribution in [-0.4, -0.2) is 24.7 Å². The largest absolute Gasteiger partial charge is 0.493 e. The van der Waals surface area contributed by atoms with Crippen molar-refractivity contribution in [1.29, 1.82) is 0 Å². The smallest absolute Gasteiger partial charge is 0.183 e. The lowest BCUT2D eigenvalue weighted by Gasteiger charge is -2.19. The van der Waals surface area contributed by atoms with Crippen LogP contribution in [0.25, 0.3) is 11.3 Å². The van der Waals surface area contributed by atoms with Crippen molar-refractivity contribution in [2.24, 2.45) is 0 Å². The molecule has 0 aliphatic rings. The average molecular weight is 329 g/mol. The minimum Gasteiger partial charge on any atom is -0.493 e. The third-order valence-corrected chi connectivity index (χ3v) is 3.42. The molecule has 6 heteroatoms. The van der Waals surface area contributed by atoms with Crippen LogP contribution in [0.3, 0.4) is 0 Å². The van der Waals surface area contributed by atoms with Gasteiger partial charge in [0.2, 0.25) is 0 Å². The van der Waals surface area contributed by atoms with Crippen LogP contribution >= 0.6 is 23.7 Å². The van der Waals surface area contributed by atoms with Gasteiger partial charge >= 0.3 is 0 Å². The fourth-order valence-electron chi connectivity index (χ4n) is 1.78. The third-order valence-electron chi connectivity index (χ3n) is 2.67. The zero-order chi connectivity index (χ0) is 14.8. The van der Waals surface area contributed by atoms with Gasteiger partial charge in [0.15, 0.2) is 16.6 Å². The summed E-state index contributed by atoms with van der Waals surface area (Å²) >= 11 is 1.60. The molecule has 0 unspecified atom stereocenters. The Hall–Kier alpha value is -1.46. The molecule has 2 aromatic rings. The Morgan fingerprint density at radius 1 is 1.10 bits per heavy atom. The van der Waals surface area contributed by atoms with Crippen molar-refractivity contribution in [3.05, 3.63) is 23.6 Å². The van der Waals surface area contributed by atoms with E-state index in [1.54, 1.807) is 25.6 Å². The maximum atomic E-state index is 5.32. The Kier molecular flexibility index (Phi) is 5.87. The van der Waals surface area contributed by atoms with Gasteiger partial charge in [-0.3, -0.25) is 0 Å². The second-order valence-electron chi connectivity index (χ2n) is 5.48. The van der Waals surface area contributed by atoms with Crippen molar-refractivity contribution in [3.8, 4) is 22.8 Å². The van der Waals surface area contributed by atoms with Gasteiger partial charge in [0, 0.05) is 16.5 Å². The predicted octanol–water partition coefficient (Wildman–Crippen LogP) is 4.46. The molecular formula is C15H21ClN2O2S. The monoisotopic (exact) mass is 328 g/mol. The highest BCUT2D eigenvalue weighted by atomic mass is 35.5.